The molecule has 5 aliphatic rings. The summed E-state index contributed by atoms with van der Waals surface area (Å²) < 4.78 is 6.55. The maximum atomic E-state index is 6.55. The number of nitrogens with zero attached hydrogens (tertiary/aromatic N) is 1. The van der Waals surface area contributed by atoms with E-state index < -0.39 is 0 Å². The number of para-hydroxylation sites is 3. The molecule has 0 amide bonds. The van der Waals surface area contributed by atoms with Gasteiger partial charge in [-0.15, -0.1) is 0 Å². The zero-order valence-corrected chi connectivity index (χ0v) is 35.5. The van der Waals surface area contributed by atoms with Crippen LogP contribution < -0.4 is 4.90 Å². The Morgan fingerprint density at radius 3 is 1.98 bits per heavy atom. The summed E-state index contributed by atoms with van der Waals surface area (Å²) in [6.45, 7) is 0. The topological polar surface area (TPSA) is 16.4 Å². The lowest BCUT2D eigenvalue weighted by molar-refractivity contribution is -0.231. The third kappa shape index (κ3) is 4.41. The van der Waals surface area contributed by atoms with Crippen molar-refractivity contribution < 1.29 is 4.42 Å². The number of rotatable bonds is 6. The number of furan rings is 1. The van der Waals surface area contributed by atoms with Crippen LogP contribution in [-0.4, -0.2) is 0 Å². The summed E-state index contributed by atoms with van der Waals surface area (Å²) in [5.74, 6) is 3.34. The highest BCUT2D eigenvalue weighted by atomic mass is 16.3. The highest BCUT2D eigenvalue weighted by Crippen LogP contribution is 2.89. The molecular formula is C62H45NO. The summed E-state index contributed by atoms with van der Waals surface area (Å²) in [5.41, 5.74) is 19.3. The molecule has 0 radical (unpaired) electrons. The minimum Gasteiger partial charge on any atom is -0.455 e. The van der Waals surface area contributed by atoms with Crippen LogP contribution in [0.15, 0.2) is 205 Å². The van der Waals surface area contributed by atoms with Crippen LogP contribution in [0.25, 0.3) is 77.2 Å². The normalized spacial score (nSPS) is 24.1. The summed E-state index contributed by atoms with van der Waals surface area (Å²) in [4.78, 5) is 2.56. The molecule has 2 heteroatoms. The van der Waals surface area contributed by atoms with E-state index in [2.05, 4.69) is 205 Å². The molecule has 2 nitrogen and oxygen atoms in total. The number of fused-ring (bicyclic) bond motifs is 12. The molecule has 9 aromatic carbocycles. The van der Waals surface area contributed by atoms with Gasteiger partial charge in [0.1, 0.15) is 11.2 Å². The van der Waals surface area contributed by atoms with Gasteiger partial charge in [0, 0.05) is 38.7 Å². The van der Waals surface area contributed by atoms with Gasteiger partial charge in [-0.25, -0.2) is 0 Å². The van der Waals surface area contributed by atoms with E-state index in [9.17, 15) is 0 Å². The van der Waals surface area contributed by atoms with Gasteiger partial charge in [0.25, 0.3) is 0 Å². The van der Waals surface area contributed by atoms with E-state index in [1.165, 1.54) is 81.2 Å². The van der Waals surface area contributed by atoms with Crippen molar-refractivity contribution in [2.45, 2.75) is 31.1 Å². The van der Waals surface area contributed by atoms with Gasteiger partial charge in [0.15, 0.2) is 0 Å². The standard InChI is InChI=1S/C62H45NO/c1-2-13-39(14-3-1)45-20-10-15-41-16-11-22-51(59(41)45)49-18-5-8-25-55(49)63(43-29-27-40(28-30-43)46-21-12-23-52-50-19-6-9-26-56(50)64-60(46)52)44-31-32-48-47-17-4-7-24-53(47)62(54(48)36-44)57-34-38-33-42-35-58(62)61(42,57)37-38/h1-32,36,38,42,57-58H,33-35,37H2. The molecule has 4 fully saturated rings. The smallest absolute Gasteiger partial charge is 0.143 e. The van der Waals surface area contributed by atoms with E-state index in [0.717, 1.165) is 62.4 Å². The first kappa shape index (κ1) is 35.3. The Kier molecular flexibility index (Phi) is 7.03. The minimum atomic E-state index is 0.105. The number of hydrogen-bond donors (Lipinski definition) is 0. The SMILES string of the molecule is c1ccc(-c2cccc3cccc(-c4ccccc4N(c4ccc(-c5cccc6c5oc5ccccc56)cc4)c4ccc5c(c4)C4(c6ccccc6-5)C5CC6CC7CC4C75C6)c23)cc1. The second kappa shape index (κ2) is 12.7. The van der Waals surface area contributed by atoms with Crippen LogP contribution in [0.1, 0.15) is 36.8 Å². The van der Waals surface area contributed by atoms with Crippen molar-refractivity contribution in [2.24, 2.45) is 29.1 Å². The van der Waals surface area contributed by atoms with E-state index in [1.807, 2.05) is 0 Å². The molecule has 6 unspecified atom stereocenters. The van der Waals surface area contributed by atoms with Crippen LogP contribution in [0, 0.1) is 29.1 Å². The molecule has 0 aliphatic heterocycles. The van der Waals surface area contributed by atoms with E-state index in [1.54, 1.807) is 11.1 Å². The largest absolute Gasteiger partial charge is 0.455 e. The summed E-state index contributed by atoms with van der Waals surface area (Å²) in [6.07, 6.45) is 5.72. The molecule has 64 heavy (non-hydrogen) atoms. The molecule has 10 aromatic rings. The lowest BCUT2D eigenvalue weighted by atomic mass is 9.27. The fourth-order valence-electron chi connectivity index (χ4n) is 15.0. The molecule has 15 rings (SSSR count). The Balaban J connectivity index is 0.943. The quantitative estimate of drug-likeness (QED) is 0.166. The zero-order chi connectivity index (χ0) is 41.7. The van der Waals surface area contributed by atoms with Crippen LogP contribution in [0.2, 0.25) is 0 Å². The van der Waals surface area contributed by atoms with Gasteiger partial charge in [-0.2, -0.15) is 0 Å². The second-order valence-electron chi connectivity index (χ2n) is 19.6. The Morgan fingerprint density at radius 1 is 0.453 bits per heavy atom. The first-order valence-electron chi connectivity index (χ1n) is 23.4. The summed E-state index contributed by atoms with van der Waals surface area (Å²) in [7, 11) is 0. The van der Waals surface area contributed by atoms with Crippen LogP contribution in [-0.2, 0) is 5.41 Å². The van der Waals surface area contributed by atoms with E-state index in [4.69, 9.17) is 4.42 Å². The lowest BCUT2D eigenvalue weighted by Crippen LogP contribution is -2.73. The molecule has 5 aliphatic carbocycles. The predicted molar refractivity (Wildman–Crippen MR) is 263 cm³/mol. The average Bonchev–Trinajstić information content (AvgIpc) is 4.09. The van der Waals surface area contributed by atoms with Gasteiger partial charge in [0.2, 0.25) is 0 Å². The Hall–Kier alpha value is -7.16. The van der Waals surface area contributed by atoms with E-state index in [-0.39, 0.29) is 5.41 Å². The monoisotopic (exact) mass is 819 g/mol. The third-order valence-corrected chi connectivity index (χ3v) is 17.1. The summed E-state index contributed by atoms with van der Waals surface area (Å²) in [5, 5.41) is 4.82. The number of benzene rings is 9. The Morgan fingerprint density at radius 2 is 1.11 bits per heavy atom. The molecule has 2 bridgehead atoms. The minimum absolute atomic E-state index is 0.105. The van der Waals surface area contributed by atoms with Crippen molar-refractivity contribution in [3.05, 3.63) is 211 Å². The van der Waals surface area contributed by atoms with Crippen molar-refractivity contribution in [1.82, 2.24) is 0 Å². The van der Waals surface area contributed by atoms with E-state index in [0.29, 0.717) is 5.41 Å². The number of anilines is 3. The van der Waals surface area contributed by atoms with Crippen molar-refractivity contribution >= 4 is 49.8 Å². The Bertz CT molecular complexity index is 3560. The molecule has 1 aromatic heterocycles. The Labute approximate surface area is 373 Å². The van der Waals surface area contributed by atoms with Gasteiger partial charge >= 0.3 is 0 Å². The van der Waals surface area contributed by atoms with Crippen LogP contribution in [0.4, 0.5) is 17.1 Å². The summed E-state index contributed by atoms with van der Waals surface area (Å²) in [6, 6.07) is 74.7. The fourth-order valence-corrected chi connectivity index (χ4v) is 15.0. The number of hydrogen-bond acceptors (Lipinski definition) is 2. The molecule has 6 atom stereocenters. The lowest BCUT2D eigenvalue weighted by Gasteiger charge is -2.76. The van der Waals surface area contributed by atoms with Gasteiger partial charge in [0.05, 0.1) is 5.69 Å². The highest BCUT2D eigenvalue weighted by Gasteiger charge is 2.84. The molecule has 304 valence electrons. The highest BCUT2D eigenvalue weighted by molar-refractivity contribution is 6.10. The van der Waals surface area contributed by atoms with Crippen LogP contribution >= 0.6 is 0 Å². The van der Waals surface area contributed by atoms with E-state index >= 15 is 0 Å². The van der Waals surface area contributed by atoms with Crippen molar-refractivity contribution in [3.63, 3.8) is 0 Å². The zero-order valence-electron chi connectivity index (χ0n) is 35.5. The van der Waals surface area contributed by atoms with Gasteiger partial charge in [-0.3, -0.25) is 0 Å². The first-order valence-corrected chi connectivity index (χ1v) is 23.4. The van der Waals surface area contributed by atoms with Crippen molar-refractivity contribution in [1.29, 1.82) is 0 Å². The molecule has 4 saturated carbocycles. The van der Waals surface area contributed by atoms with Gasteiger partial charge in [-0.05, 0) is 146 Å². The van der Waals surface area contributed by atoms with Gasteiger partial charge in [-0.1, -0.05) is 164 Å². The predicted octanol–water partition coefficient (Wildman–Crippen LogP) is 16.5. The molecule has 0 saturated heterocycles. The molecular weight excluding hydrogens is 775 g/mol. The van der Waals surface area contributed by atoms with Crippen molar-refractivity contribution in [3.8, 4) is 44.5 Å². The molecule has 2 spiro atoms. The second-order valence-corrected chi connectivity index (χ2v) is 19.6. The average molecular weight is 820 g/mol. The maximum Gasteiger partial charge on any atom is 0.143 e. The maximum absolute atomic E-state index is 6.55. The van der Waals surface area contributed by atoms with Crippen molar-refractivity contribution in [2.75, 3.05) is 4.90 Å². The molecule has 1 heterocycles. The molecule has 0 N–H and O–H groups in total. The summed E-state index contributed by atoms with van der Waals surface area (Å²) >= 11 is 0. The van der Waals surface area contributed by atoms with Crippen LogP contribution in [0.3, 0.4) is 0 Å². The first-order chi connectivity index (χ1) is 31.7. The third-order valence-electron chi connectivity index (χ3n) is 17.1. The van der Waals surface area contributed by atoms with Gasteiger partial charge < -0.3 is 9.32 Å². The fraction of sp³-hybridized carbons (Fsp3) is 0.161. The van der Waals surface area contributed by atoms with Crippen LogP contribution in [0.5, 0.6) is 0 Å².